The molecular formula is C13H10FIN2. The lowest BCUT2D eigenvalue weighted by atomic mass is 10.2. The van der Waals surface area contributed by atoms with Gasteiger partial charge in [-0.25, -0.2) is 13.8 Å². The fraction of sp³-hybridized carbons (Fsp3) is 0. The van der Waals surface area contributed by atoms with Crippen molar-refractivity contribution in [2.45, 2.75) is 0 Å². The topological polar surface area (TPSA) is 19.9 Å². The zero-order valence-electron chi connectivity index (χ0n) is 8.90. The van der Waals surface area contributed by atoms with Crippen LogP contribution in [0.3, 0.4) is 0 Å². The first-order chi connectivity index (χ1) is 7.83. The lowest BCUT2D eigenvalue weighted by molar-refractivity contribution is -0.509. The van der Waals surface area contributed by atoms with Gasteiger partial charge in [0.25, 0.3) is 5.65 Å². The summed E-state index contributed by atoms with van der Waals surface area (Å²) in [5.74, 6) is -0.215. The number of aromatic nitrogens is 2. The van der Waals surface area contributed by atoms with Gasteiger partial charge < -0.3 is 24.0 Å². The third-order valence-corrected chi connectivity index (χ3v) is 2.58. The molecular weight excluding hydrogens is 330 g/mol. The molecule has 0 aliphatic carbocycles. The number of benzene rings is 1. The number of hydrogen-bond donors (Lipinski definition) is 1. The van der Waals surface area contributed by atoms with Crippen LogP contribution in [0.25, 0.3) is 16.9 Å². The van der Waals surface area contributed by atoms with E-state index in [4.69, 9.17) is 0 Å². The quantitative estimate of drug-likeness (QED) is 0.458. The Morgan fingerprint density at radius 3 is 2.47 bits per heavy atom. The van der Waals surface area contributed by atoms with Gasteiger partial charge in [-0.05, 0) is 30.3 Å². The summed E-state index contributed by atoms with van der Waals surface area (Å²) < 4.78 is 14.8. The van der Waals surface area contributed by atoms with Gasteiger partial charge in [0.2, 0.25) is 0 Å². The number of hydrogen-bond acceptors (Lipinski definition) is 0. The summed E-state index contributed by atoms with van der Waals surface area (Å²) in [6.07, 6.45) is 3.96. The van der Waals surface area contributed by atoms with Gasteiger partial charge in [0.05, 0.1) is 6.20 Å². The fourth-order valence-corrected chi connectivity index (χ4v) is 1.76. The van der Waals surface area contributed by atoms with E-state index in [0.717, 1.165) is 16.9 Å². The summed E-state index contributed by atoms with van der Waals surface area (Å²) in [4.78, 5) is 3.27. The summed E-state index contributed by atoms with van der Waals surface area (Å²) in [5, 5.41) is 0. The van der Waals surface area contributed by atoms with Crippen molar-refractivity contribution in [2.24, 2.45) is 0 Å². The molecule has 0 aliphatic heterocycles. The second-order valence-electron chi connectivity index (χ2n) is 3.67. The van der Waals surface area contributed by atoms with Crippen molar-refractivity contribution in [3.05, 3.63) is 60.7 Å². The van der Waals surface area contributed by atoms with Gasteiger partial charge in [-0.15, -0.1) is 0 Å². The Kier molecular flexibility index (Phi) is 3.42. The SMILES string of the molecule is Fc1ccc(-c2c[n+]3ccccc3[nH]2)cc1.[I-]. The average Bonchev–Trinajstić information content (AvgIpc) is 2.73. The normalized spacial score (nSPS) is 10.2. The first kappa shape index (κ1) is 12.0. The van der Waals surface area contributed by atoms with E-state index in [-0.39, 0.29) is 29.8 Å². The second-order valence-corrected chi connectivity index (χ2v) is 3.67. The lowest BCUT2D eigenvalue weighted by Gasteiger charge is -1.91. The predicted molar refractivity (Wildman–Crippen MR) is 59.3 cm³/mol. The van der Waals surface area contributed by atoms with Crippen LogP contribution in [0, 0.1) is 5.82 Å². The summed E-state index contributed by atoms with van der Waals surface area (Å²) in [7, 11) is 0. The van der Waals surface area contributed by atoms with E-state index in [9.17, 15) is 4.39 Å². The van der Waals surface area contributed by atoms with E-state index >= 15 is 0 Å². The van der Waals surface area contributed by atoms with Crippen molar-refractivity contribution in [3.63, 3.8) is 0 Å². The Bertz CT molecular complexity index is 598. The predicted octanol–water partition coefficient (Wildman–Crippen LogP) is -0.437. The minimum atomic E-state index is -0.215. The molecule has 0 bridgehead atoms. The largest absolute Gasteiger partial charge is 1.00 e. The van der Waals surface area contributed by atoms with Crippen LogP contribution in [0.15, 0.2) is 54.9 Å². The minimum Gasteiger partial charge on any atom is -1.00 e. The van der Waals surface area contributed by atoms with Crippen LogP contribution in [-0.4, -0.2) is 4.98 Å². The summed E-state index contributed by atoms with van der Waals surface area (Å²) in [6.45, 7) is 0. The second kappa shape index (κ2) is 4.83. The maximum atomic E-state index is 12.8. The van der Waals surface area contributed by atoms with Crippen LogP contribution < -0.4 is 28.4 Å². The van der Waals surface area contributed by atoms with Gasteiger partial charge in [-0.1, -0.05) is 6.07 Å². The number of fused-ring (bicyclic) bond motifs is 1. The molecule has 0 atom stereocenters. The monoisotopic (exact) mass is 340 g/mol. The molecule has 1 N–H and O–H groups in total. The highest BCUT2D eigenvalue weighted by atomic mass is 127. The molecule has 1 aromatic carbocycles. The number of pyridine rings is 1. The van der Waals surface area contributed by atoms with E-state index in [0.29, 0.717) is 0 Å². The Morgan fingerprint density at radius 2 is 1.76 bits per heavy atom. The minimum absolute atomic E-state index is 0. The van der Waals surface area contributed by atoms with Crippen LogP contribution >= 0.6 is 0 Å². The molecule has 0 unspecified atom stereocenters. The van der Waals surface area contributed by atoms with Crippen molar-refractivity contribution in [1.82, 2.24) is 4.98 Å². The Labute approximate surface area is 115 Å². The van der Waals surface area contributed by atoms with Crippen molar-refractivity contribution >= 4 is 5.65 Å². The molecule has 0 radical (unpaired) electrons. The molecule has 0 saturated carbocycles. The maximum absolute atomic E-state index is 12.8. The van der Waals surface area contributed by atoms with Gasteiger partial charge in [-0.3, -0.25) is 0 Å². The fourth-order valence-electron chi connectivity index (χ4n) is 1.76. The number of H-pyrrole nitrogens is 1. The van der Waals surface area contributed by atoms with E-state index in [1.54, 1.807) is 12.1 Å². The molecule has 3 aromatic rings. The van der Waals surface area contributed by atoms with Gasteiger partial charge in [0.15, 0.2) is 5.69 Å². The molecule has 2 aromatic heterocycles. The molecule has 2 nitrogen and oxygen atoms in total. The molecule has 0 aliphatic rings. The van der Waals surface area contributed by atoms with Crippen molar-refractivity contribution in [1.29, 1.82) is 0 Å². The molecule has 17 heavy (non-hydrogen) atoms. The van der Waals surface area contributed by atoms with Crippen molar-refractivity contribution < 1.29 is 32.8 Å². The molecule has 86 valence electrons. The van der Waals surface area contributed by atoms with Crippen LogP contribution in [0.2, 0.25) is 0 Å². The lowest BCUT2D eigenvalue weighted by Crippen LogP contribution is -3.00. The van der Waals surface area contributed by atoms with Crippen LogP contribution in [0.1, 0.15) is 0 Å². The molecule has 3 rings (SSSR count). The number of nitrogens with one attached hydrogen (secondary N) is 1. The summed E-state index contributed by atoms with van der Waals surface area (Å²) in [5.41, 5.74) is 2.97. The van der Waals surface area contributed by atoms with Gasteiger partial charge in [0.1, 0.15) is 12.0 Å². The van der Waals surface area contributed by atoms with Crippen molar-refractivity contribution in [2.75, 3.05) is 0 Å². The maximum Gasteiger partial charge on any atom is 0.284 e. The molecule has 0 amide bonds. The number of aromatic amines is 1. The smallest absolute Gasteiger partial charge is 0.284 e. The zero-order valence-corrected chi connectivity index (χ0v) is 11.1. The number of nitrogens with zero attached hydrogens (tertiary/aromatic N) is 1. The highest BCUT2D eigenvalue weighted by Crippen LogP contribution is 2.16. The standard InChI is InChI=1S/C13H9FN2.HI/c14-11-6-4-10(5-7-11)12-9-16-8-2-1-3-13(16)15-12;/h1-9H;1H. The number of imidazole rings is 1. The highest BCUT2D eigenvalue weighted by molar-refractivity contribution is 5.59. The number of halogens is 2. The molecule has 2 heterocycles. The Hall–Kier alpha value is -1.43. The summed E-state index contributed by atoms with van der Waals surface area (Å²) in [6, 6.07) is 12.4. The Balaban J connectivity index is 0.00000108. The van der Waals surface area contributed by atoms with E-state index < -0.39 is 0 Å². The first-order valence-electron chi connectivity index (χ1n) is 5.08. The van der Waals surface area contributed by atoms with E-state index in [2.05, 4.69) is 4.98 Å². The van der Waals surface area contributed by atoms with Gasteiger partial charge >= 0.3 is 0 Å². The number of rotatable bonds is 1. The van der Waals surface area contributed by atoms with Crippen LogP contribution in [-0.2, 0) is 0 Å². The van der Waals surface area contributed by atoms with Gasteiger partial charge in [-0.2, -0.15) is 0 Å². The zero-order chi connectivity index (χ0) is 11.0. The Morgan fingerprint density at radius 1 is 1.00 bits per heavy atom. The van der Waals surface area contributed by atoms with Crippen LogP contribution in [0.5, 0.6) is 0 Å². The van der Waals surface area contributed by atoms with Crippen molar-refractivity contribution in [3.8, 4) is 11.3 Å². The molecule has 0 spiro atoms. The third kappa shape index (κ3) is 2.31. The molecule has 4 heteroatoms. The molecule has 0 fully saturated rings. The average molecular weight is 340 g/mol. The molecule has 0 saturated heterocycles. The van der Waals surface area contributed by atoms with Gasteiger partial charge in [0, 0.05) is 11.6 Å². The first-order valence-corrected chi connectivity index (χ1v) is 5.08. The summed E-state index contributed by atoms with van der Waals surface area (Å²) >= 11 is 0. The highest BCUT2D eigenvalue weighted by Gasteiger charge is 2.09. The third-order valence-electron chi connectivity index (χ3n) is 2.58. The van der Waals surface area contributed by atoms with E-state index in [1.807, 2.05) is 35.0 Å². The van der Waals surface area contributed by atoms with Crippen LogP contribution in [0.4, 0.5) is 4.39 Å². The van der Waals surface area contributed by atoms with E-state index in [1.165, 1.54) is 12.1 Å².